The first-order chi connectivity index (χ1) is 16.6. The molecule has 5 rings (SSSR count). The molecular weight excluding hydrogens is 426 g/mol. The smallest absolute Gasteiger partial charge is 0.246 e. The summed E-state index contributed by atoms with van der Waals surface area (Å²) in [5.74, 6) is 2.84. The lowest BCUT2D eigenvalue weighted by Gasteiger charge is -2.29. The molecule has 0 unspecified atom stereocenters. The van der Waals surface area contributed by atoms with Crippen LogP contribution < -0.4 is 15.1 Å². The number of morpholine rings is 1. The fraction of sp³-hybridized carbons (Fsp3) is 0.222. The van der Waals surface area contributed by atoms with Crippen LogP contribution in [0.2, 0.25) is 0 Å². The molecule has 0 atom stereocenters. The number of fused-ring (bicyclic) bond motifs is 1. The summed E-state index contributed by atoms with van der Waals surface area (Å²) in [6.45, 7) is 6.97. The third-order valence-corrected chi connectivity index (χ3v) is 5.60. The van der Waals surface area contributed by atoms with Crippen molar-refractivity contribution in [2.24, 2.45) is 5.10 Å². The van der Waals surface area contributed by atoms with Crippen molar-refractivity contribution in [3.8, 4) is 11.5 Å². The lowest BCUT2D eigenvalue weighted by atomic mass is 10.2. The third-order valence-electron chi connectivity index (χ3n) is 5.60. The van der Waals surface area contributed by atoms with Gasteiger partial charge in [-0.15, -0.1) is 0 Å². The number of nitrogens with one attached hydrogen (secondary N) is 1. The summed E-state index contributed by atoms with van der Waals surface area (Å²) in [6, 6.07) is 22.1. The van der Waals surface area contributed by atoms with Gasteiger partial charge in [0.1, 0.15) is 17.3 Å². The molecule has 1 fully saturated rings. The minimum atomic E-state index is 0.449. The van der Waals surface area contributed by atoms with Crippen LogP contribution in [0.3, 0.4) is 0 Å². The highest BCUT2D eigenvalue weighted by Crippen LogP contribution is 2.31. The molecule has 0 bridgehead atoms. The Morgan fingerprint density at radius 3 is 2.47 bits per heavy atom. The topological polar surface area (TPSA) is 71.9 Å². The van der Waals surface area contributed by atoms with Gasteiger partial charge in [-0.25, -0.2) is 10.4 Å². The maximum atomic E-state index is 6.13. The summed E-state index contributed by atoms with van der Waals surface area (Å²) in [6.07, 6.45) is 1.77. The summed E-state index contributed by atoms with van der Waals surface area (Å²) in [5, 5.41) is 5.29. The van der Waals surface area contributed by atoms with Crippen LogP contribution in [0.1, 0.15) is 16.7 Å². The first kappa shape index (κ1) is 21.9. The number of rotatable bonds is 6. The summed E-state index contributed by atoms with van der Waals surface area (Å²) >= 11 is 0. The largest absolute Gasteiger partial charge is 0.457 e. The maximum Gasteiger partial charge on any atom is 0.246 e. The van der Waals surface area contributed by atoms with Crippen molar-refractivity contribution < 1.29 is 9.47 Å². The zero-order chi connectivity index (χ0) is 23.3. The van der Waals surface area contributed by atoms with Crippen LogP contribution >= 0.6 is 0 Å². The highest BCUT2D eigenvalue weighted by molar-refractivity contribution is 5.92. The van der Waals surface area contributed by atoms with Crippen LogP contribution in [0.5, 0.6) is 11.5 Å². The van der Waals surface area contributed by atoms with Gasteiger partial charge in [0.2, 0.25) is 5.95 Å². The second-order valence-corrected chi connectivity index (χ2v) is 8.35. The molecule has 3 aromatic carbocycles. The van der Waals surface area contributed by atoms with Gasteiger partial charge < -0.3 is 14.4 Å². The Balaban J connectivity index is 1.47. The molecule has 0 spiro atoms. The van der Waals surface area contributed by atoms with E-state index in [0.717, 1.165) is 52.4 Å². The lowest BCUT2D eigenvalue weighted by Crippen LogP contribution is -2.37. The Labute approximate surface area is 199 Å². The molecule has 7 heteroatoms. The Hall–Kier alpha value is -3.97. The number of hydrazone groups is 1. The highest BCUT2D eigenvalue weighted by Gasteiger charge is 2.18. The van der Waals surface area contributed by atoms with E-state index in [-0.39, 0.29) is 0 Å². The van der Waals surface area contributed by atoms with Crippen LogP contribution in [-0.2, 0) is 4.74 Å². The van der Waals surface area contributed by atoms with Crippen molar-refractivity contribution in [2.75, 3.05) is 36.6 Å². The second kappa shape index (κ2) is 9.89. The van der Waals surface area contributed by atoms with Crippen LogP contribution in [-0.4, -0.2) is 42.5 Å². The average Bonchev–Trinajstić information content (AvgIpc) is 2.84. The summed E-state index contributed by atoms with van der Waals surface area (Å²) in [4.78, 5) is 11.7. The highest BCUT2D eigenvalue weighted by atomic mass is 16.5. The molecule has 1 N–H and O–H groups in total. The first-order valence-corrected chi connectivity index (χ1v) is 11.4. The van der Waals surface area contributed by atoms with Crippen molar-refractivity contribution in [3.05, 3.63) is 83.4 Å². The number of hydrogen-bond acceptors (Lipinski definition) is 7. The van der Waals surface area contributed by atoms with E-state index in [9.17, 15) is 0 Å². The van der Waals surface area contributed by atoms with Gasteiger partial charge in [-0.1, -0.05) is 42.0 Å². The van der Waals surface area contributed by atoms with Gasteiger partial charge in [-0.2, -0.15) is 10.1 Å². The maximum absolute atomic E-state index is 6.13. The minimum absolute atomic E-state index is 0.449. The van der Waals surface area contributed by atoms with Crippen LogP contribution in [0.25, 0.3) is 10.9 Å². The Morgan fingerprint density at radius 2 is 1.68 bits per heavy atom. The zero-order valence-corrected chi connectivity index (χ0v) is 19.4. The molecule has 0 radical (unpaired) electrons. The predicted octanol–water partition coefficient (Wildman–Crippen LogP) is 5.32. The van der Waals surface area contributed by atoms with Gasteiger partial charge in [-0.3, -0.25) is 0 Å². The Bertz CT molecular complexity index is 1330. The normalized spacial score (nSPS) is 14.0. The number of hydrogen-bond donors (Lipinski definition) is 1. The second-order valence-electron chi connectivity index (χ2n) is 8.35. The van der Waals surface area contributed by atoms with Gasteiger partial charge in [-0.05, 0) is 55.3 Å². The first-order valence-electron chi connectivity index (χ1n) is 11.4. The zero-order valence-electron chi connectivity index (χ0n) is 19.4. The number of ether oxygens (including phenoxy) is 2. The molecule has 0 saturated carbocycles. The van der Waals surface area contributed by atoms with E-state index >= 15 is 0 Å². The third kappa shape index (κ3) is 5.15. The molecular formula is C27H27N5O2. The molecule has 0 amide bonds. The van der Waals surface area contributed by atoms with Crippen LogP contribution in [0.4, 0.5) is 11.8 Å². The fourth-order valence-electron chi connectivity index (χ4n) is 3.95. The number of nitrogens with zero attached hydrogens (tertiary/aromatic N) is 4. The van der Waals surface area contributed by atoms with Gasteiger partial charge in [0.25, 0.3) is 0 Å². The SMILES string of the molecule is Cc1cccc(/C=N/Nc2nc(N3CCOCC3)c3cc(Oc4cccc(C)c4)ccc3n2)c1. The molecule has 4 aromatic rings. The van der Waals surface area contributed by atoms with E-state index in [2.05, 4.69) is 34.5 Å². The standard InChI is InChI=1S/C27H27N5O2/c1-19-5-3-7-21(15-19)18-28-31-27-29-25-10-9-23(34-22-8-4-6-20(2)16-22)17-24(25)26(30-27)32-11-13-33-14-12-32/h3-10,15-18H,11-14H2,1-2H3,(H,29,30,31)/b28-18+. The van der Waals surface area contributed by atoms with Crippen molar-refractivity contribution >= 4 is 28.9 Å². The molecule has 2 heterocycles. The van der Waals surface area contributed by atoms with E-state index < -0.39 is 0 Å². The van der Waals surface area contributed by atoms with E-state index in [1.54, 1.807) is 6.21 Å². The molecule has 1 saturated heterocycles. The van der Waals surface area contributed by atoms with Crippen LogP contribution in [0, 0.1) is 13.8 Å². The number of benzene rings is 3. The molecule has 172 valence electrons. The van der Waals surface area contributed by atoms with Crippen molar-refractivity contribution in [3.63, 3.8) is 0 Å². The van der Waals surface area contributed by atoms with E-state index in [1.165, 1.54) is 5.56 Å². The quantitative estimate of drug-likeness (QED) is 0.315. The van der Waals surface area contributed by atoms with E-state index in [0.29, 0.717) is 19.2 Å². The molecule has 34 heavy (non-hydrogen) atoms. The minimum Gasteiger partial charge on any atom is -0.457 e. The summed E-state index contributed by atoms with van der Waals surface area (Å²) in [7, 11) is 0. The number of aryl methyl sites for hydroxylation is 2. The van der Waals surface area contributed by atoms with Gasteiger partial charge >= 0.3 is 0 Å². The number of aromatic nitrogens is 2. The molecule has 0 aliphatic carbocycles. The Morgan fingerprint density at radius 1 is 0.912 bits per heavy atom. The summed E-state index contributed by atoms with van der Waals surface area (Å²) in [5.41, 5.74) is 7.17. The Kier molecular flexibility index (Phi) is 6.35. The van der Waals surface area contributed by atoms with E-state index in [4.69, 9.17) is 19.4 Å². The lowest BCUT2D eigenvalue weighted by molar-refractivity contribution is 0.122. The van der Waals surface area contributed by atoms with Gasteiger partial charge in [0.15, 0.2) is 0 Å². The molecule has 1 aliphatic heterocycles. The predicted molar refractivity (Wildman–Crippen MR) is 136 cm³/mol. The molecule has 1 aliphatic rings. The molecule has 1 aromatic heterocycles. The monoisotopic (exact) mass is 453 g/mol. The van der Waals surface area contributed by atoms with Crippen LogP contribution in [0.15, 0.2) is 71.8 Å². The van der Waals surface area contributed by atoms with Gasteiger partial charge in [0, 0.05) is 18.5 Å². The summed E-state index contributed by atoms with van der Waals surface area (Å²) < 4.78 is 11.7. The number of anilines is 2. The van der Waals surface area contributed by atoms with Crippen molar-refractivity contribution in [2.45, 2.75) is 13.8 Å². The van der Waals surface area contributed by atoms with Crippen molar-refractivity contribution in [1.29, 1.82) is 0 Å². The van der Waals surface area contributed by atoms with E-state index in [1.807, 2.05) is 61.5 Å². The van der Waals surface area contributed by atoms with Gasteiger partial charge in [0.05, 0.1) is 24.9 Å². The van der Waals surface area contributed by atoms with Crippen molar-refractivity contribution in [1.82, 2.24) is 9.97 Å². The average molecular weight is 454 g/mol. The fourth-order valence-corrected chi connectivity index (χ4v) is 3.95. The molecule has 7 nitrogen and oxygen atoms in total.